The van der Waals surface area contributed by atoms with Crippen LogP contribution in [0.25, 0.3) is 0 Å². The van der Waals surface area contributed by atoms with Crippen LogP contribution >= 0.6 is 23.2 Å². The lowest BCUT2D eigenvalue weighted by atomic mass is 9.64. The Morgan fingerprint density at radius 3 is 2.24 bits per heavy atom. The van der Waals surface area contributed by atoms with E-state index in [9.17, 15) is 18.7 Å². The predicted octanol–water partition coefficient (Wildman–Crippen LogP) is 4.07. The lowest BCUT2D eigenvalue weighted by molar-refractivity contribution is -0.137. The van der Waals surface area contributed by atoms with Gasteiger partial charge < -0.3 is 25.2 Å². The highest BCUT2D eigenvalue weighted by molar-refractivity contribution is 6.31. The van der Waals surface area contributed by atoms with Crippen LogP contribution in [0.15, 0.2) is 36.4 Å². The number of amides is 1. The molecule has 3 saturated carbocycles. The molecule has 0 heterocycles. The zero-order valence-corrected chi connectivity index (χ0v) is 19.2. The second-order valence-corrected chi connectivity index (χ2v) is 9.52. The summed E-state index contributed by atoms with van der Waals surface area (Å²) < 4.78 is 37.7. The number of ether oxygens (including phenoxy) is 2. The molecule has 0 aliphatic heterocycles. The SMILES string of the molecule is O=C(NCOc1ccc(Cl)c(F)c1)C12CCC(NCC(O)COc3ccc(Cl)c(F)c3)(C1)C2. The van der Waals surface area contributed by atoms with E-state index >= 15 is 0 Å². The quantitative estimate of drug-likeness (QED) is 0.428. The standard InChI is InChI=1S/C23H24Cl2F2N2O4/c24-17-3-1-15(7-19(17)26)32-10-14(30)9-29-23-6-5-22(11-23,12-23)21(31)28-13-33-16-2-4-18(25)20(27)8-16/h1-4,7-8,14,29-30H,5-6,9-13H2,(H,28,31). The van der Waals surface area contributed by atoms with Gasteiger partial charge in [0.1, 0.15) is 35.8 Å². The molecule has 2 aromatic rings. The molecule has 0 radical (unpaired) electrons. The smallest absolute Gasteiger partial charge is 0.228 e. The number of carbonyl (C=O) groups is 1. The molecule has 178 valence electrons. The van der Waals surface area contributed by atoms with E-state index in [1.54, 1.807) is 0 Å². The Kier molecular flexibility index (Phi) is 7.00. The summed E-state index contributed by atoms with van der Waals surface area (Å²) in [6, 6.07) is 8.19. The summed E-state index contributed by atoms with van der Waals surface area (Å²) in [7, 11) is 0. The van der Waals surface area contributed by atoms with E-state index in [0.717, 1.165) is 12.8 Å². The average molecular weight is 501 g/mol. The maximum atomic E-state index is 13.5. The first-order valence-electron chi connectivity index (χ1n) is 10.6. The minimum Gasteiger partial charge on any atom is -0.491 e. The average Bonchev–Trinajstić information content (AvgIpc) is 3.33. The van der Waals surface area contributed by atoms with Crippen LogP contribution in [0, 0.1) is 17.0 Å². The molecular weight excluding hydrogens is 477 g/mol. The molecule has 1 atom stereocenters. The number of β-amino-alcohol motifs (C(OH)–C–C–N with tert-alkyl or cyclic N) is 1. The van der Waals surface area contributed by atoms with Gasteiger partial charge in [-0.15, -0.1) is 0 Å². The van der Waals surface area contributed by atoms with Crippen LogP contribution in [-0.2, 0) is 4.79 Å². The number of hydrogen-bond donors (Lipinski definition) is 3. The van der Waals surface area contributed by atoms with Gasteiger partial charge in [-0.2, -0.15) is 0 Å². The first-order valence-corrected chi connectivity index (χ1v) is 11.3. The van der Waals surface area contributed by atoms with Gasteiger partial charge in [0, 0.05) is 24.2 Å². The Morgan fingerprint density at radius 1 is 1.03 bits per heavy atom. The van der Waals surface area contributed by atoms with Crippen LogP contribution in [0.3, 0.4) is 0 Å². The van der Waals surface area contributed by atoms with Crippen molar-refractivity contribution in [3.63, 3.8) is 0 Å². The van der Waals surface area contributed by atoms with Crippen LogP contribution < -0.4 is 20.1 Å². The van der Waals surface area contributed by atoms with E-state index < -0.39 is 23.2 Å². The fraction of sp³-hybridized carbons (Fsp3) is 0.435. The number of fused-ring (bicyclic) bond motifs is 1. The van der Waals surface area contributed by atoms with Crippen molar-refractivity contribution < 1.29 is 28.2 Å². The van der Waals surface area contributed by atoms with Crippen molar-refractivity contribution in [2.24, 2.45) is 5.41 Å². The highest BCUT2D eigenvalue weighted by Gasteiger charge is 2.64. The summed E-state index contributed by atoms with van der Waals surface area (Å²) in [6.07, 6.45) is 2.09. The second-order valence-electron chi connectivity index (χ2n) is 8.71. The number of rotatable bonds is 10. The van der Waals surface area contributed by atoms with Gasteiger partial charge in [0.2, 0.25) is 5.91 Å². The Balaban J connectivity index is 1.18. The molecule has 3 fully saturated rings. The number of halogens is 4. The van der Waals surface area contributed by atoms with Crippen LogP contribution in [0.4, 0.5) is 8.78 Å². The van der Waals surface area contributed by atoms with Crippen molar-refractivity contribution in [1.29, 1.82) is 0 Å². The molecule has 3 aliphatic rings. The van der Waals surface area contributed by atoms with E-state index in [2.05, 4.69) is 10.6 Å². The van der Waals surface area contributed by atoms with Crippen molar-refractivity contribution in [1.82, 2.24) is 10.6 Å². The van der Waals surface area contributed by atoms with Gasteiger partial charge in [-0.1, -0.05) is 23.2 Å². The molecule has 3 aliphatic carbocycles. The molecular formula is C23H24Cl2F2N2O4. The van der Waals surface area contributed by atoms with Gasteiger partial charge in [-0.3, -0.25) is 4.79 Å². The van der Waals surface area contributed by atoms with Gasteiger partial charge >= 0.3 is 0 Å². The monoisotopic (exact) mass is 500 g/mol. The fourth-order valence-electron chi connectivity index (χ4n) is 4.65. The summed E-state index contributed by atoms with van der Waals surface area (Å²) >= 11 is 11.3. The molecule has 33 heavy (non-hydrogen) atoms. The van der Waals surface area contributed by atoms with Crippen LogP contribution in [0.5, 0.6) is 11.5 Å². The second kappa shape index (κ2) is 9.62. The molecule has 2 aromatic carbocycles. The van der Waals surface area contributed by atoms with Crippen molar-refractivity contribution in [3.8, 4) is 11.5 Å². The third kappa shape index (κ3) is 5.35. The Hall–Kier alpha value is -2.13. The molecule has 10 heteroatoms. The number of hydrogen-bond acceptors (Lipinski definition) is 5. The van der Waals surface area contributed by atoms with Gasteiger partial charge in [0.25, 0.3) is 0 Å². The molecule has 6 nitrogen and oxygen atoms in total. The first kappa shape index (κ1) is 24.0. The Labute approximate surface area is 200 Å². The Bertz CT molecular complexity index is 1030. The first-order chi connectivity index (χ1) is 15.7. The lowest BCUT2D eigenvalue weighted by Crippen LogP contribution is -2.59. The molecule has 0 aromatic heterocycles. The van der Waals surface area contributed by atoms with E-state index in [1.165, 1.54) is 36.4 Å². The van der Waals surface area contributed by atoms with E-state index in [4.69, 9.17) is 32.7 Å². The van der Waals surface area contributed by atoms with E-state index in [0.29, 0.717) is 19.4 Å². The normalized spacial score (nSPS) is 24.2. The number of aliphatic hydroxyl groups is 1. The Morgan fingerprint density at radius 2 is 1.64 bits per heavy atom. The largest absolute Gasteiger partial charge is 0.491 e. The summed E-state index contributed by atoms with van der Waals surface area (Å²) in [5.74, 6) is -0.694. The molecule has 2 bridgehead atoms. The zero-order valence-electron chi connectivity index (χ0n) is 17.7. The summed E-state index contributed by atoms with van der Waals surface area (Å²) in [5.41, 5.74) is -0.644. The highest BCUT2D eigenvalue weighted by Crippen LogP contribution is 2.61. The molecule has 0 saturated heterocycles. The topological polar surface area (TPSA) is 79.8 Å². The number of carbonyl (C=O) groups excluding carboxylic acids is 1. The van der Waals surface area contributed by atoms with Crippen molar-refractivity contribution in [2.75, 3.05) is 19.9 Å². The molecule has 0 spiro atoms. The summed E-state index contributed by atoms with van der Waals surface area (Å²) in [4.78, 5) is 12.7. The minimum absolute atomic E-state index is 0.00157. The zero-order chi connectivity index (χ0) is 23.6. The third-order valence-corrected chi connectivity index (χ3v) is 6.94. The van der Waals surface area contributed by atoms with Crippen molar-refractivity contribution in [3.05, 3.63) is 58.1 Å². The maximum absolute atomic E-state index is 13.5. The van der Waals surface area contributed by atoms with Crippen LogP contribution in [0.1, 0.15) is 25.7 Å². The lowest BCUT2D eigenvalue weighted by Gasteiger charge is -2.47. The summed E-state index contributed by atoms with van der Waals surface area (Å²) in [5, 5.41) is 16.4. The fourth-order valence-corrected chi connectivity index (χ4v) is 4.89. The van der Waals surface area contributed by atoms with Crippen LogP contribution in [0.2, 0.25) is 10.0 Å². The minimum atomic E-state index is -0.796. The van der Waals surface area contributed by atoms with Gasteiger partial charge in [0.15, 0.2) is 6.73 Å². The third-order valence-electron chi connectivity index (χ3n) is 6.33. The number of aliphatic hydroxyl groups excluding tert-OH is 1. The number of benzene rings is 2. The van der Waals surface area contributed by atoms with Gasteiger partial charge in [0.05, 0.1) is 15.5 Å². The summed E-state index contributed by atoms with van der Waals surface area (Å²) in [6.45, 7) is 0.223. The highest BCUT2D eigenvalue weighted by atomic mass is 35.5. The maximum Gasteiger partial charge on any atom is 0.228 e. The number of nitrogens with one attached hydrogen (secondary N) is 2. The van der Waals surface area contributed by atoms with Crippen LogP contribution in [-0.4, -0.2) is 42.5 Å². The predicted molar refractivity (Wildman–Crippen MR) is 120 cm³/mol. The van der Waals surface area contributed by atoms with E-state index in [1.807, 2.05) is 0 Å². The molecule has 1 unspecified atom stereocenters. The van der Waals surface area contributed by atoms with Gasteiger partial charge in [-0.25, -0.2) is 8.78 Å². The van der Waals surface area contributed by atoms with Crippen molar-refractivity contribution >= 4 is 29.1 Å². The molecule has 3 N–H and O–H groups in total. The molecule has 5 rings (SSSR count). The van der Waals surface area contributed by atoms with Gasteiger partial charge in [-0.05, 0) is 49.9 Å². The van der Waals surface area contributed by atoms with E-state index in [-0.39, 0.29) is 46.3 Å². The van der Waals surface area contributed by atoms with Crippen molar-refractivity contribution in [2.45, 2.75) is 37.3 Å². The molecule has 1 amide bonds.